The van der Waals surface area contributed by atoms with Crippen molar-refractivity contribution in [2.24, 2.45) is 0 Å². The highest BCUT2D eigenvalue weighted by Crippen LogP contribution is 2.14. The Labute approximate surface area is 105 Å². The molecule has 4 nitrogen and oxygen atoms in total. The van der Waals surface area contributed by atoms with Crippen LogP contribution in [0.25, 0.3) is 0 Å². The molecule has 1 aromatic carbocycles. The maximum Gasteiger partial charge on any atom is 0.246 e. The fraction of sp³-hybridized carbons (Fsp3) is 0.385. The highest BCUT2D eigenvalue weighted by atomic mass is 19.1. The first-order valence-corrected chi connectivity index (χ1v) is 5.78. The minimum absolute atomic E-state index is 0.170. The van der Waals surface area contributed by atoms with Crippen LogP contribution in [-0.2, 0) is 16.1 Å². The average molecular weight is 250 g/mol. The lowest BCUT2D eigenvalue weighted by atomic mass is 10.1. The van der Waals surface area contributed by atoms with Gasteiger partial charge >= 0.3 is 0 Å². The second kappa shape index (κ2) is 4.86. The molecule has 1 heterocycles. The molecule has 1 aliphatic rings. The molecule has 1 saturated heterocycles. The van der Waals surface area contributed by atoms with Gasteiger partial charge in [0.05, 0.1) is 12.5 Å². The summed E-state index contributed by atoms with van der Waals surface area (Å²) in [4.78, 5) is 24.1. The molecule has 1 unspecified atom stereocenters. The maximum atomic E-state index is 13.1. The molecular weight excluding hydrogens is 235 g/mol. The third-order valence-corrected chi connectivity index (χ3v) is 3.23. The van der Waals surface area contributed by atoms with Crippen molar-refractivity contribution in [3.63, 3.8) is 0 Å². The van der Waals surface area contributed by atoms with Gasteiger partial charge in [-0.2, -0.15) is 0 Å². The second-order valence-electron chi connectivity index (χ2n) is 4.50. The van der Waals surface area contributed by atoms with Gasteiger partial charge in [-0.15, -0.1) is 0 Å². The summed E-state index contributed by atoms with van der Waals surface area (Å²) in [6.45, 7) is 2.26. The van der Waals surface area contributed by atoms with E-state index in [1.165, 1.54) is 19.2 Å². The number of nitrogens with zero attached hydrogens (tertiary/aromatic N) is 1. The summed E-state index contributed by atoms with van der Waals surface area (Å²) < 4.78 is 13.1. The number of hydrogen-bond donors (Lipinski definition) is 1. The Morgan fingerprint density at radius 1 is 1.44 bits per heavy atom. The lowest BCUT2D eigenvalue weighted by Gasteiger charge is -2.12. The van der Waals surface area contributed by atoms with E-state index in [2.05, 4.69) is 5.32 Å². The monoisotopic (exact) mass is 250 g/mol. The molecule has 1 aromatic rings. The summed E-state index contributed by atoms with van der Waals surface area (Å²) in [7, 11) is 1.47. The van der Waals surface area contributed by atoms with E-state index in [0.29, 0.717) is 6.54 Å². The molecule has 1 N–H and O–H groups in total. The SMILES string of the molecule is Cc1ccc(F)cc1CNC1CC(=O)N(C)C1=O. The molecule has 1 fully saturated rings. The van der Waals surface area contributed by atoms with Crippen molar-refractivity contribution in [1.82, 2.24) is 10.2 Å². The van der Waals surface area contributed by atoms with Gasteiger partial charge < -0.3 is 5.32 Å². The molecule has 1 aliphatic heterocycles. The predicted molar refractivity (Wildman–Crippen MR) is 64.2 cm³/mol. The number of nitrogens with one attached hydrogen (secondary N) is 1. The summed E-state index contributed by atoms with van der Waals surface area (Å²) in [5.41, 5.74) is 1.75. The van der Waals surface area contributed by atoms with Crippen LogP contribution in [-0.4, -0.2) is 29.8 Å². The van der Waals surface area contributed by atoms with E-state index in [0.717, 1.165) is 16.0 Å². The van der Waals surface area contributed by atoms with Gasteiger partial charge in [-0.25, -0.2) is 4.39 Å². The topological polar surface area (TPSA) is 49.4 Å². The Balaban J connectivity index is 2.02. The fourth-order valence-electron chi connectivity index (χ4n) is 1.98. The van der Waals surface area contributed by atoms with E-state index < -0.39 is 6.04 Å². The van der Waals surface area contributed by atoms with Crippen LogP contribution in [0.5, 0.6) is 0 Å². The average Bonchev–Trinajstić information content (AvgIpc) is 2.58. The van der Waals surface area contributed by atoms with Gasteiger partial charge in [0.15, 0.2) is 0 Å². The number of likely N-dealkylation sites (N-methyl/N-ethyl adjacent to an activating group) is 1. The zero-order valence-corrected chi connectivity index (χ0v) is 10.4. The van der Waals surface area contributed by atoms with Crippen LogP contribution in [0.4, 0.5) is 4.39 Å². The first-order chi connectivity index (χ1) is 8.49. The number of carbonyl (C=O) groups is 2. The van der Waals surface area contributed by atoms with E-state index in [1.54, 1.807) is 6.07 Å². The van der Waals surface area contributed by atoms with Crippen LogP contribution >= 0.6 is 0 Å². The third kappa shape index (κ3) is 2.41. The molecule has 0 radical (unpaired) electrons. The number of benzene rings is 1. The maximum absolute atomic E-state index is 13.1. The Bertz CT molecular complexity index is 502. The number of likely N-dealkylation sites (tertiary alicyclic amines) is 1. The van der Waals surface area contributed by atoms with Gasteiger partial charge in [0.25, 0.3) is 0 Å². The van der Waals surface area contributed by atoms with Crippen LogP contribution in [0.2, 0.25) is 0 Å². The minimum atomic E-state index is -0.495. The van der Waals surface area contributed by atoms with Crippen molar-refractivity contribution in [3.05, 3.63) is 35.1 Å². The third-order valence-electron chi connectivity index (χ3n) is 3.23. The smallest absolute Gasteiger partial charge is 0.246 e. The molecule has 0 saturated carbocycles. The number of imide groups is 1. The summed E-state index contributed by atoms with van der Waals surface area (Å²) in [5, 5.41) is 3.00. The number of amides is 2. The Kier molecular flexibility index (Phi) is 3.43. The Morgan fingerprint density at radius 3 is 2.78 bits per heavy atom. The van der Waals surface area contributed by atoms with Crippen molar-refractivity contribution < 1.29 is 14.0 Å². The first-order valence-electron chi connectivity index (χ1n) is 5.78. The van der Waals surface area contributed by atoms with Crippen LogP contribution < -0.4 is 5.32 Å². The van der Waals surface area contributed by atoms with Gasteiger partial charge in [0.1, 0.15) is 5.82 Å². The second-order valence-corrected chi connectivity index (χ2v) is 4.50. The molecule has 5 heteroatoms. The predicted octanol–water partition coefficient (Wildman–Crippen LogP) is 0.981. The first kappa shape index (κ1) is 12.7. The molecular formula is C13H15FN2O2. The Morgan fingerprint density at radius 2 is 2.17 bits per heavy atom. The molecule has 96 valence electrons. The van der Waals surface area contributed by atoms with Crippen LogP contribution in [0, 0.1) is 12.7 Å². The normalized spacial score (nSPS) is 19.7. The standard InChI is InChI=1S/C13H15FN2O2/c1-8-3-4-10(14)5-9(8)7-15-11-6-12(17)16(2)13(11)18/h3-5,11,15H,6-7H2,1-2H3. The van der Waals surface area contributed by atoms with Crippen LogP contribution in [0.1, 0.15) is 17.5 Å². The molecule has 2 amide bonds. The summed E-state index contributed by atoms with van der Waals surface area (Å²) >= 11 is 0. The minimum Gasteiger partial charge on any atom is -0.301 e. The van der Waals surface area contributed by atoms with Gasteiger partial charge in [-0.3, -0.25) is 14.5 Å². The van der Waals surface area contributed by atoms with E-state index in [4.69, 9.17) is 0 Å². The van der Waals surface area contributed by atoms with Crippen molar-refractivity contribution in [2.75, 3.05) is 7.05 Å². The fourth-order valence-corrected chi connectivity index (χ4v) is 1.98. The lowest BCUT2D eigenvalue weighted by Crippen LogP contribution is -2.36. The van der Waals surface area contributed by atoms with E-state index >= 15 is 0 Å². The van der Waals surface area contributed by atoms with Crippen molar-refractivity contribution in [3.8, 4) is 0 Å². The van der Waals surface area contributed by atoms with Gasteiger partial charge in [0, 0.05) is 13.6 Å². The molecule has 2 rings (SSSR count). The van der Waals surface area contributed by atoms with E-state index in [9.17, 15) is 14.0 Å². The van der Waals surface area contributed by atoms with Gasteiger partial charge in [-0.05, 0) is 30.2 Å². The number of hydrogen-bond acceptors (Lipinski definition) is 3. The van der Waals surface area contributed by atoms with Crippen molar-refractivity contribution >= 4 is 11.8 Å². The molecule has 18 heavy (non-hydrogen) atoms. The van der Waals surface area contributed by atoms with Gasteiger partial charge in [0.2, 0.25) is 11.8 Å². The van der Waals surface area contributed by atoms with E-state index in [1.807, 2.05) is 6.92 Å². The van der Waals surface area contributed by atoms with Crippen molar-refractivity contribution in [2.45, 2.75) is 25.9 Å². The highest BCUT2D eigenvalue weighted by molar-refractivity contribution is 6.05. The molecule has 0 bridgehead atoms. The zero-order chi connectivity index (χ0) is 13.3. The largest absolute Gasteiger partial charge is 0.301 e. The summed E-state index contributed by atoms with van der Waals surface area (Å²) in [6, 6.07) is 4.04. The lowest BCUT2D eigenvalue weighted by molar-refractivity contribution is -0.137. The van der Waals surface area contributed by atoms with Gasteiger partial charge in [-0.1, -0.05) is 6.07 Å². The zero-order valence-electron chi connectivity index (χ0n) is 10.4. The molecule has 0 aliphatic carbocycles. The quantitative estimate of drug-likeness (QED) is 0.814. The summed E-state index contributed by atoms with van der Waals surface area (Å²) in [5.74, 6) is -0.717. The van der Waals surface area contributed by atoms with Crippen LogP contribution in [0.15, 0.2) is 18.2 Å². The number of aryl methyl sites for hydroxylation is 1. The number of halogens is 1. The molecule has 0 aromatic heterocycles. The number of carbonyl (C=O) groups excluding carboxylic acids is 2. The number of rotatable bonds is 3. The molecule has 0 spiro atoms. The summed E-state index contributed by atoms with van der Waals surface area (Å²) in [6.07, 6.45) is 0.170. The van der Waals surface area contributed by atoms with E-state index in [-0.39, 0.29) is 24.1 Å². The highest BCUT2D eigenvalue weighted by Gasteiger charge is 2.35. The molecule has 1 atom stereocenters. The van der Waals surface area contributed by atoms with Crippen LogP contribution in [0.3, 0.4) is 0 Å². The Hall–Kier alpha value is -1.75. The van der Waals surface area contributed by atoms with Crippen molar-refractivity contribution in [1.29, 1.82) is 0 Å².